The van der Waals surface area contributed by atoms with Crippen molar-refractivity contribution in [2.45, 2.75) is 30.5 Å². The molecule has 6 nitrogen and oxygen atoms in total. The van der Waals surface area contributed by atoms with E-state index in [4.69, 9.17) is 4.74 Å². The third-order valence-corrected chi connectivity index (χ3v) is 7.40. The molecule has 2 N–H and O–H groups in total. The largest absolute Gasteiger partial charge is 0.484 e. The summed E-state index contributed by atoms with van der Waals surface area (Å²) in [6, 6.07) is 31.1. The van der Waals surface area contributed by atoms with Gasteiger partial charge in [0, 0.05) is 44.6 Å². The van der Waals surface area contributed by atoms with Gasteiger partial charge >= 0.3 is 0 Å². The predicted molar refractivity (Wildman–Crippen MR) is 156 cm³/mol. The van der Waals surface area contributed by atoms with Crippen LogP contribution in [0.25, 0.3) is 21.8 Å². The molecule has 0 saturated carbocycles. The van der Waals surface area contributed by atoms with Crippen molar-refractivity contribution < 1.29 is 14.3 Å². The molecule has 0 fully saturated rings. The average Bonchev–Trinajstić information content (AvgIpc) is 3.26. The van der Waals surface area contributed by atoms with Gasteiger partial charge in [0.05, 0.1) is 5.25 Å². The normalized spacial score (nSPS) is 11.8. The lowest BCUT2D eigenvalue weighted by Gasteiger charge is -2.13. The molecule has 1 aromatic heterocycles. The molecular weight excluding hydrogens is 494 g/mol. The maximum Gasteiger partial charge on any atom is 0.262 e. The number of aromatic nitrogens is 1. The Morgan fingerprint density at radius 2 is 1.50 bits per heavy atom. The van der Waals surface area contributed by atoms with Gasteiger partial charge < -0.3 is 19.9 Å². The van der Waals surface area contributed by atoms with E-state index in [0.717, 1.165) is 28.0 Å². The van der Waals surface area contributed by atoms with E-state index in [-0.39, 0.29) is 23.7 Å². The van der Waals surface area contributed by atoms with Crippen LogP contribution in [0.1, 0.15) is 13.8 Å². The van der Waals surface area contributed by atoms with E-state index in [1.807, 2.05) is 61.5 Å². The number of rotatable bonds is 9. The minimum absolute atomic E-state index is 0.0657. The zero-order valence-corrected chi connectivity index (χ0v) is 22.1. The van der Waals surface area contributed by atoms with Crippen molar-refractivity contribution >= 4 is 56.8 Å². The zero-order chi connectivity index (χ0) is 26.5. The number of thioether (sulfide) groups is 1. The summed E-state index contributed by atoms with van der Waals surface area (Å²) in [7, 11) is 0. The molecule has 0 spiro atoms. The minimum Gasteiger partial charge on any atom is -0.484 e. The highest BCUT2D eigenvalue weighted by atomic mass is 32.2. The summed E-state index contributed by atoms with van der Waals surface area (Å²) >= 11 is 1.47. The SMILES string of the molecule is CCn1c2ccccc2c2cc(NC(=O)C(C)Sc3ccc(NC(=O)COc4ccccc4)cc3)ccc21. The van der Waals surface area contributed by atoms with Crippen molar-refractivity contribution in [1.29, 1.82) is 0 Å². The molecule has 0 radical (unpaired) electrons. The number of ether oxygens (including phenoxy) is 1. The van der Waals surface area contributed by atoms with Crippen molar-refractivity contribution in [1.82, 2.24) is 4.57 Å². The second-order valence-corrected chi connectivity index (χ2v) is 10.3. The first-order valence-corrected chi connectivity index (χ1v) is 13.5. The van der Waals surface area contributed by atoms with E-state index < -0.39 is 0 Å². The number of amides is 2. The van der Waals surface area contributed by atoms with E-state index in [2.05, 4.69) is 52.5 Å². The standard InChI is InChI=1S/C31H29N3O3S/c1-3-34-28-12-8-7-11-26(28)27-19-23(15-18-29(27)34)33-31(36)21(2)38-25-16-13-22(14-17-25)32-30(35)20-37-24-9-5-4-6-10-24/h4-19,21H,3,20H2,1-2H3,(H,32,35)(H,33,36). The number of benzene rings is 4. The summed E-state index contributed by atoms with van der Waals surface area (Å²) in [5, 5.41) is 7.91. The maximum atomic E-state index is 13.0. The molecule has 38 heavy (non-hydrogen) atoms. The van der Waals surface area contributed by atoms with Gasteiger partial charge in [0.15, 0.2) is 6.61 Å². The van der Waals surface area contributed by atoms with Crippen LogP contribution in [0.2, 0.25) is 0 Å². The van der Waals surface area contributed by atoms with Crippen LogP contribution in [0.4, 0.5) is 11.4 Å². The Hall–Kier alpha value is -4.23. The van der Waals surface area contributed by atoms with E-state index >= 15 is 0 Å². The first-order valence-electron chi connectivity index (χ1n) is 12.6. The molecule has 192 valence electrons. The van der Waals surface area contributed by atoms with Gasteiger partial charge in [0.25, 0.3) is 5.91 Å². The molecule has 5 aromatic rings. The van der Waals surface area contributed by atoms with Gasteiger partial charge in [-0.1, -0.05) is 36.4 Å². The topological polar surface area (TPSA) is 72.4 Å². The van der Waals surface area contributed by atoms with Crippen LogP contribution in [-0.2, 0) is 16.1 Å². The molecule has 0 aliphatic heterocycles. The Balaban J connectivity index is 1.18. The Kier molecular flexibility index (Phi) is 7.65. The molecule has 4 aromatic carbocycles. The smallest absolute Gasteiger partial charge is 0.262 e. The number of hydrogen-bond donors (Lipinski definition) is 2. The fraction of sp³-hybridized carbons (Fsp3) is 0.161. The molecule has 0 bridgehead atoms. The number of para-hydroxylation sites is 2. The van der Waals surface area contributed by atoms with Crippen molar-refractivity contribution in [3.05, 3.63) is 97.1 Å². The third-order valence-electron chi connectivity index (χ3n) is 6.29. The minimum atomic E-state index is -0.303. The van der Waals surface area contributed by atoms with E-state index in [1.165, 1.54) is 22.7 Å². The molecule has 1 heterocycles. The number of fused-ring (bicyclic) bond motifs is 3. The number of carbonyl (C=O) groups is 2. The van der Waals surface area contributed by atoms with Gasteiger partial charge in [0.2, 0.25) is 5.91 Å². The maximum absolute atomic E-state index is 13.0. The average molecular weight is 524 g/mol. The summed E-state index contributed by atoms with van der Waals surface area (Å²) in [5.74, 6) is 0.347. The Morgan fingerprint density at radius 1 is 0.816 bits per heavy atom. The van der Waals surface area contributed by atoms with Crippen LogP contribution in [0, 0.1) is 0 Å². The Morgan fingerprint density at radius 3 is 2.26 bits per heavy atom. The first kappa shape index (κ1) is 25.4. The lowest BCUT2D eigenvalue weighted by molar-refractivity contribution is -0.118. The zero-order valence-electron chi connectivity index (χ0n) is 21.3. The van der Waals surface area contributed by atoms with Gasteiger partial charge in [-0.25, -0.2) is 0 Å². The van der Waals surface area contributed by atoms with Gasteiger partial charge in [-0.2, -0.15) is 0 Å². The van der Waals surface area contributed by atoms with Crippen LogP contribution in [0.15, 0.2) is 102 Å². The second kappa shape index (κ2) is 11.4. The van der Waals surface area contributed by atoms with Crippen LogP contribution >= 0.6 is 11.8 Å². The van der Waals surface area contributed by atoms with Crippen LogP contribution < -0.4 is 15.4 Å². The van der Waals surface area contributed by atoms with Gasteiger partial charge in [-0.15, -0.1) is 11.8 Å². The lowest BCUT2D eigenvalue weighted by atomic mass is 10.1. The van der Waals surface area contributed by atoms with Gasteiger partial charge in [0.1, 0.15) is 5.75 Å². The van der Waals surface area contributed by atoms with Crippen molar-refractivity contribution in [3.63, 3.8) is 0 Å². The van der Waals surface area contributed by atoms with Gasteiger partial charge in [-0.3, -0.25) is 9.59 Å². The predicted octanol–water partition coefficient (Wildman–Crippen LogP) is 6.95. The molecule has 1 atom stereocenters. The van der Waals surface area contributed by atoms with Crippen LogP contribution in [0.3, 0.4) is 0 Å². The Bertz CT molecular complexity index is 1580. The summed E-state index contributed by atoms with van der Waals surface area (Å²) < 4.78 is 7.77. The summed E-state index contributed by atoms with van der Waals surface area (Å²) in [6.07, 6.45) is 0. The lowest BCUT2D eigenvalue weighted by Crippen LogP contribution is -2.22. The number of nitrogens with zero attached hydrogens (tertiary/aromatic N) is 1. The third kappa shape index (κ3) is 5.68. The molecule has 0 aliphatic carbocycles. The summed E-state index contributed by atoms with van der Waals surface area (Å²) in [6.45, 7) is 4.84. The van der Waals surface area contributed by atoms with Crippen LogP contribution in [-0.4, -0.2) is 28.2 Å². The second-order valence-electron chi connectivity index (χ2n) is 8.92. The number of anilines is 2. The van der Waals surface area contributed by atoms with E-state index in [1.54, 1.807) is 12.1 Å². The first-order chi connectivity index (χ1) is 18.5. The molecular formula is C31H29N3O3S. The monoisotopic (exact) mass is 523 g/mol. The highest BCUT2D eigenvalue weighted by Gasteiger charge is 2.16. The number of aryl methyl sites for hydroxylation is 1. The quantitative estimate of drug-likeness (QED) is 0.205. The molecule has 2 amide bonds. The summed E-state index contributed by atoms with van der Waals surface area (Å²) in [4.78, 5) is 26.1. The summed E-state index contributed by atoms with van der Waals surface area (Å²) in [5.41, 5.74) is 3.81. The highest BCUT2D eigenvalue weighted by Crippen LogP contribution is 2.32. The van der Waals surface area contributed by atoms with Crippen molar-refractivity contribution in [3.8, 4) is 5.75 Å². The van der Waals surface area contributed by atoms with Crippen LogP contribution in [0.5, 0.6) is 5.75 Å². The van der Waals surface area contributed by atoms with Crippen molar-refractivity contribution in [2.24, 2.45) is 0 Å². The van der Waals surface area contributed by atoms with E-state index in [0.29, 0.717) is 11.4 Å². The van der Waals surface area contributed by atoms with Gasteiger partial charge in [-0.05, 0) is 74.5 Å². The molecule has 1 unspecified atom stereocenters. The molecule has 0 aliphatic rings. The highest BCUT2D eigenvalue weighted by molar-refractivity contribution is 8.00. The molecule has 0 saturated heterocycles. The van der Waals surface area contributed by atoms with E-state index in [9.17, 15) is 9.59 Å². The fourth-order valence-electron chi connectivity index (χ4n) is 4.45. The number of nitrogens with one attached hydrogen (secondary N) is 2. The Labute approximate surface area is 226 Å². The molecule has 5 rings (SSSR count). The molecule has 7 heteroatoms. The fourth-order valence-corrected chi connectivity index (χ4v) is 5.32. The number of hydrogen-bond acceptors (Lipinski definition) is 4. The van der Waals surface area contributed by atoms with Crippen molar-refractivity contribution in [2.75, 3.05) is 17.2 Å². The number of carbonyl (C=O) groups excluding carboxylic acids is 2.